The molecule has 94 valence electrons. The molecule has 5 heteroatoms. The van der Waals surface area contributed by atoms with Crippen molar-refractivity contribution in [3.05, 3.63) is 17.8 Å². The van der Waals surface area contributed by atoms with Crippen molar-refractivity contribution in [2.45, 2.75) is 26.7 Å². The number of hydrogen-bond acceptors (Lipinski definition) is 4. The van der Waals surface area contributed by atoms with Crippen molar-refractivity contribution in [3.8, 4) is 0 Å². The van der Waals surface area contributed by atoms with Crippen LogP contribution in [0.1, 0.15) is 37.2 Å². The molecular formula is C12H20N4O. The minimum absolute atomic E-state index is 0.227. The Bertz CT molecular complexity index is 390. The summed E-state index contributed by atoms with van der Waals surface area (Å²) >= 11 is 0. The van der Waals surface area contributed by atoms with E-state index in [-0.39, 0.29) is 5.69 Å². The molecular weight excluding hydrogens is 216 g/mol. The van der Waals surface area contributed by atoms with E-state index in [4.69, 9.17) is 11.5 Å². The molecule has 1 aromatic rings. The predicted molar refractivity (Wildman–Crippen MR) is 69.7 cm³/mol. The number of anilines is 2. The molecule has 0 aromatic carbocycles. The molecule has 0 saturated carbocycles. The zero-order valence-electron chi connectivity index (χ0n) is 10.4. The van der Waals surface area contributed by atoms with Crippen LogP contribution in [-0.4, -0.2) is 17.4 Å². The average Bonchev–Trinajstić information content (AvgIpc) is 2.25. The molecule has 0 aliphatic heterocycles. The topological polar surface area (TPSA) is 94.0 Å². The molecule has 5 nitrogen and oxygen atoms in total. The number of rotatable bonds is 6. The summed E-state index contributed by atoms with van der Waals surface area (Å²) in [6.45, 7) is 5.15. The van der Waals surface area contributed by atoms with Gasteiger partial charge in [0, 0.05) is 6.54 Å². The van der Waals surface area contributed by atoms with Gasteiger partial charge in [-0.05, 0) is 30.9 Å². The number of carbonyl (C=O) groups is 1. The lowest BCUT2D eigenvalue weighted by molar-refractivity contribution is 0.0996. The molecule has 5 N–H and O–H groups in total. The fourth-order valence-corrected chi connectivity index (χ4v) is 1.47. The molecule has 0 unspecified atom stereocenters. The first kappa shape index (κ1) is 13.3. The Kier molecular flexibility index (Phi) is 4.75. The molecule has 0 atom stereocenters. The first-order valence-corrected chi connectivity index (χ1v) is 5.81. The summed E-state index contributed by atoms with van der Waals surface area (Å²) in [7, 11) is 0. The second kappa shape index (κ2) is 6.08. The zero-order chi connectivity index (χ0) is 12.8. The van der Waals surface area contributed by atoms with Gasteiger partial charge in [-0.25, -0.2) is 4.98 Å². The predicted octanol–water partition coefficient (Wildman–Crippen LogP) is 1.61. The van der Waals surface area contributed by atoms with Gasteiger partial charge in [-0.1, -0.05) is 13.8 Å². The van der Waals surface area contributed by atoms with Crippen molar-refractivity contribution in [1.82, 2.24) is 4.98 Å². The van der Waals surface area contributed by atoms with E-state index in [0.717, 1.165) is 19.4 Å². The van der Waals surface area contributed by atoms with Crippen LogP contribution in [0.25, 0.3) is 0 Å². The third kappa shape index (κ3) is 4.30. The first-order valence-electron chi connectivity index (χ1n) is 5.81. The highest BCUT2D eigenvalue weighted by Gasteiger charge is 2.06. The average molecular weight is 236 g/mol. The van der Waals surface area contributed by atoms with Crippen LogP contribution < -0.4 is 16.8 Å². The van der Waals surface area contributed by atoms with Gasteiger partial charge < -0.3 is 16.8 Å². The maximum atomic E-state index is 11.0. The zero-order valence-corrected chi connectivity index (χ0v) is 10.4. The van der Waals surface area contributed by atoms with Crippen molar-refractivity contribution in [2.75, 3.05) is 17.6 Å². The minimum Gasteiger partial charge on any atom is -0.396 e. The third-order valence-electron chi connectivity index (χ3n) is 2.43. The first-order chi connectivity index (χ1) is 8.00. The van der Waals surface area contributed by atoms with Gasteiger partial charge in [0.25, 0.3) is 5.91 Å². The van der Waals surface area contributed by atoms with Crippen LogP contribution in [0, 0.1) is 5.92 Å². The minimum atomic E-state index is -0.546. The fraction of sp³-hybridized carbons (Fsp3) is 0.500. The molecule has 0 spiro atoms. The number of nitrogens with two attached hydrogens (primary N) is 2. The van der Waals surface area contributed by atoms with Gasteiger partial charge in [0.1, 0.15) is 11.5 Å². The van der Waals surface area contributed by atoms with E-state index < -0.39 is 5.91 Å². The van der Waals surface area contributed by atoms with Crippen LogP contribution in [0.4, 0.5) is 11.5 Å². The molecule has 0 radical (unpaired) electrons. The summed E-state index contributed by atoms with van der Waals surface area (Å²) in [6.07, 6.45) is 2.18. The maximum absolute atomic E-state index is 11.0. The summed E-state index contributed by atoms with van der Waals surface area (Å²) in [6, 6.07) is 3.16. The second-order valence-corrected chi connectivity index (χ2v) is 4.46. The number of amides is 1. The van der Waals surface area contributed by atoms with Gasteiger partial charge in [-0.15, -0.1) is 0 Å². The second-order valence-electron chi connectivity index (χ2n) is 4.46. The lowest BCUT2D eigenvalue weighted by Gasteiger charge is -2.10. The van der Waals surface area contributed by atoms with E-state index in [2.05, 4.69) is 24.1 Å². The monoisotopic (exact) mass is 236 g/mol. The molecule has 17 heavy (non-hydrogen) atoms. The summed E-state index contributed by atoms with van der Waals surface area (Å²) in [5, 5.41) is 3.12. The number of nitrogens with one attached hydrogen (secondary N) is 1. The number of carbonyl (C=O) groups excluding carboxylic acids is 1. The SMILES string of the molecule is CC(C)CCCNc1nc(C(N)=O)ccc1N. The summed E-state index contributed by atoms with van der Waals surface area (Å²) in [5.74, 6) is 0.666. The van der Waals surface area contributed by atoms with E-state index in [1.807, 2.05) is 0 Å². The van der Waals surface area contributed by atoms with Crippen LogP contribution >= 0.6 is 0 Å². The Balaban J connectivity index is 2.57. The van der Waals surface area contributed by atoms with Gasteiger partial charge in [-0.3, -0.25) is 4.79 Å². The van der Waals surface area contributed by atoms with Crippen molar-refractivity contribution < 1.29 is 4.79 Å². The van der Waals surface area contributed by atoms with E-state index in [0.29, 0.717) is 17.4 Å². The lowest BCUT2D eigenvalue weighted by atomic mass is 10.1. The number of nitrogen functional groups attached to an aromatic ring is 1. The van der Waals surface area contributed by atoms with E-state index in [1.165, 1.54) is 6.07 Å². The van der Waals surface area contributed by atoms with Gasteiger partial charge in [0.15, 0.2) is 0 Å². The van der Waals surface area contributed by atoms with Crippen LogP contribution in [0.2, 0.25) is 0 Å². The Morgan fingerprint density at radius 2 is 2.18 bits per heavy atom. The normalized spacial score (nSPS) is 10.5. The van der Waals surface area contributed by atoms with Crippen molar-refractivity contribution in [2.24, 2.45) is 11.7 Å². The Labute approximate surface area is 102 Å². The number of primary amides is 1. The van der Waals surface area contributed by atoms with Crippen LogP contribution in [0.3, 0.4) is 0 Å². The highest BCUT2D eigenvalue weighted by atomic mass is 16.1. The van der Waals surface area contributed by atoms with Gasteiger partial charge in [0.05, 0.1) is 5.69 Å². The molecule has 1 rings (SSSR count). The Morgan fingerprint density at radius 1 is 1.47 bits per heavy atom. The van der Waals surface area contributed by atoms with Crippen LogP contribution in [-0.2, 0) is 0 Å². The number of aromatic nitrogens is 1. The number of hydrogen-bond donors (Lipinski definition) is 3. The molecule has 0 aliphatic carbocycles. The van der Waals surface area contributed by atoms with E-state index in [9.17, 15) is 4.79 Å². The van der Waals surface area contributed by atoms with E-state index >= 15 is 0 Å². The Morgan fingerprint density at radius 3 is 2.76 bits per heavy atom. The molecule has 0 bridgehead atoms. The highest BCUT2D eigenvalue weighted by Crippen LogP contribution is 2.15. The van der Waals surface area contributed by atoms with Crippen molar-refractivity contribution in [3.63, 3.8) is 0 Å². The summed E-state index contributed by atoms with van der Waals surface area (Å²) < 4.78 is 0. The molecule has 1 heterocycles. The number of nitrogens with zero attached hydrogens (tertiary/aromatic N) is 1. The van der Waals surface area contributed by atoms with Crippen molar-refractivity contribution >= 4 is 17.4 Å². The molecule has 1 amide bonds. The molecule has 0 fully saturated rings. The fourth-order valence-electron chi connectivity index (χ4n) is 1.47. The summed E-state index contributed by atoms with van der Waals surface area (Å²) in [5.41, 5.74) is 11.7. The maximum Gasteiger partial charge on any atom is 0.267 e. The van der Waals surface area contributed by atoms with Gasteiger partial charge in [-0.2, -0.15) is 0 Å². The van der Waals surface area contributed by atoms with Crippen LogP contribution in [0.5, 0.6) is 0 Å². The quantitative estimate of drug-likeness (QED) is 0.654. The largest absolute Gasteiger partial charge is 0.396 e. The van der Waals surface area contributed by atoms with Gasteiger partial charge in [0.2, 0.25) is 0 Å². The highest BCUT2D eigenvalue weighted by molar-refractivity contribution is 5.91. The standard InChI is InChI=1S/C12H20N4O/c1-8(2)4-3-7-15-12-9(13)5-6-10(16-12)11(14)17/h5-6,8H,3-4,7,13H2,1-2H3,(H2,14,17)(H,15,16). The molecule has 1 aromatic heterocycles. The van der Waals surface area contributed by atoms with Crippen molar-refractivity contribution in [1.29, 1.82) is 0 Å². The molecule has 0 saturated heterocycles. The smallest absolute Gasteiger partial charge is 0.267 e. The number of pyridine rings is 1. The molecule has 0 aliphatic rings. The summed E-state index contributed by atoms with van der Waals surface area (Å²) in [4.78, 5) is 15.1. The van der Waals surface area contributed by atoms with Crippen LogP contribution in [0.15, 0.2) is 12.1 Å². The third-order valence-corrected chi connectivity index (χ3v) is 2.43. The lowest BCUT2D eigenvalue weighted by Crippen LogP contribution is -2.15. The van der Waals surface area contributed by atoms with Gasteiger partial charge >= 0.3 is 0 Å². The van der Waals surface area contributed by atoms with E-state index in [1.54, 1.807) is 6.07 Å². The Hall–Kier alpha value is -1.78.